The highest BCUT2D eigenvalue weighted by atomic mass is 28.3. The summed E-state index contributed by atoms with van der Waals surface area (Å²) in [6.07, 6.45) is 0. The highest BCUT2D eigenvalue weighted by molar-refractivity contribution is 6.73. The predicted octanol–water partition coefficient (Wildman–Crippen LogP) is 0.665. The van der Waals surface area contributed by atoms with Crippen molar-refractivity contribution in [2.24, 2.45) is 0 Å². The first kappa shape index (κ1) is 7.39. The molecule has 0 amide bonds. The molecule has 0 spiro atoms. The van der Waals surface area contributed by atoms with Gasteiger partial charge in [-0.1, -0.05) is 5.21 Å². The van der Waals surface area contributed by atoms with E-state index in [0.717, 1.165) is 5.82 Å². The van der Waals surface area contributed by atoms with Crippen LogP contribution < -0.4 is 0 Å². The summed E-state index contributed by atoms with van der Waals surface area (Å²) >= 11 is 0. The standard InChI is InChI=1S/C5H12N4Si/c1-5-6-8-9(7-5)10(2,3)4/h1-4H3. The van der Waals surface area contributed by atoms with E-state index in [0.29, 0.717) is 0 Å². The van der Waals surface area contributed by atoms with Gasteiger partial charge in [-0.15, -0.1) is 10.2 Å². The summed E-state index contributed by atoms with van der Waals surface area (Å²) in [7, 11) is -1.38. The maximum Gasteiger partial charge on any atom is 0.204 e. The fourth-order valence-electron chi connectivity index (χ4n) is 0.568. The average molecular weight is 156 g/mol. The maximum atomic E-state index is 4.14. The number of aromatic nitrogens is 4. The van der Waals surface area contributed by atoms with Crippen LogP contribution in [0, 0.1) is 6.92 Å². The average Bonchev–Trinajstić information content (AvgIpc) is 2.11. The minimum absolute atomic E-state index is 0.752. The number of hydrogen-bond acceptors (Lipinski definition) is 3. The lowest BCUT2D eigenvalue weighted by atomic mass is 10.8. The fourth-order valence-corrected chi connectivity index (χ4v) is 1.33. The van der Waals surface area contributed by atoms with Crippen molar-refractivity contribution in [1.82, 2.24) is 19.9 Å². The van der Waals surface area contributed by atoms with Crippen LogP contribution in [0.3, 0.4) is 0 Å². The first-order valence-electron chi connectivity index (χ1n) is 3.27. The van der Waals surface area contributed by atoms with Crippen molar-refractivity contribution >= 4 is 8.24 Å². The molecular formula is C5H12N4Si. The summed E-state index contributed by atoms with van der Waals surface area (Å²) in [5.41, 5.74) is 0. The smallest absolute Gasteiger partial charge is 0.201 e. The van der Waals surface area contributed by atoms with Crippen LogP contribution >= 0.6 is 0 Å². The molecule has 1 rings (SSSR count). The first-order valence-corrected chi connectivity index (χ1v) is 6.72. The van der Waals surface area contributed by atoms with E-state index in [2.05, 4.69) is 35.1 Å². The Morgan fingerprint density at radius 2 is 1.90 bits per heavy atom. The molecule has 0 aliphatic carbocycles. The Morgan fingerprint density at radius 1 is 1.30 bits per heavy atom. The molecule has 0 fully saturated rings. The molecule has 56 valence electrons. The van der Waals surface area contributed by atoms with Gasteiger partial charge in [0.05, 0.1) is 0 Å². The minimum atomic E-state index is -1.38. The molecule has 1 heterocycles. The molecule has 0 saturated heterocycles. The quantitative estimate of drug-likeness (QED) is 0.561. The van der Waals surface area contributed by atoms with E-state index in [1.54, 1.807) is 4.46 Å². The second kappa shape index (κ2) is 2.16. The molecule has 1 aromatic heterocycles. The van der Waals surface area contributed by atoms with Crippen LogP contribution in [-0.2, 0) is 0 Å². The number of hydrogen-bond donors (Lipinski definition) is 0. The van der Waals surface area contributed by atoms with Gasteiger partial charge in [0.25, 0.3) is 0 Å². The number of tetrazole rings is 1. The van der Waals surface area contributed by atoms with Crippen LogP contribution in [0.2, 0.25) is 19.6 Å². The number of rotatable bonds is 1. The topological polar surface area (TPSA) is 43.6 Å². The molecule has 0 unspecified atom stereocenters. The largest absolute Gasteiger partial charge is 0.204 e. The number of aryl methyl sites for hydroxylation is 1. The Labute approximate surface area is 61.3 Å². The molecule has 0 aromatic carbocycles. The van der Waals surface area contributed by atoms with Gasteiger partial charge in [0.1, 0.15) is 0 Å². The van der Waals surface area contributed by atoms with E-state index in [1.807, 2.05) is 6.92 Å². The Morgan fingerprint density at radius 3 is 2.10 bits per heavy atom. The molecule has 0 saturated carbocycles. The summed E-state index contributed by atoms with van der Waals surface area (Å²) in [4.78, 5) is 0. The van der Waals surface area contributed by atoms with Crippen LogP contribution in [0.25, 0.3) is 0 Å². The summed E-state index contributed by atoms with van der Waals surface area (Å²) in [5.74, 6) is 0.752. The summed E-state index contributed by atoms with van der Waals surface area (Å²) in [6, 6.07) is 0. The van der Waals surface area contributed by atoms with Crippen molar-refractivity contribution in [3.8, 4) is 0 Å². The molecular weight excluding hydrogens is 144 g/mol. The molecule has 0 aliphatic heterocycles. The van der Waals surface area contributed by atoms with Gasteiger partial charge in [-0.3, -0.25) is 0 Å². The molecule has 0 N–H and O–H groups in total. The molecule has 0 radical (unpaired) electrons. The van der Waals surface area contributed by atoms with E-state index >= 15 is 0 Å². The van der Waals surface area contributed by atoms with Gasteiger partial charge in [0.15, 0.2) is 5.82 Å². The number of nitrogens with zero attached hydrogens (tertiary/aromatic N) is 4. The van der Waals surface area contributed by atoms with Crippen LogP contribution in [0.15, 0.2) is 0 Å². The molecule has 0 bridgehead atoms. The minimum Gasteiger partial charge on any atom is -0.201 e. The molecule has 1 aromatic rings. The van der Waals surface area contributed by atoms with Gasteiger partial charge in [-0.25, -0.2) is 4.46 Å². The lowest BCUT2D eigenvalue weighted by Crippen LogP contribution is -2.34. The van der Waals surface area contributed by atoms with Gasteiger partial charge in [0, 0.05) is 0 Å². The Hall–Kier alpha value is -0.713. The van der Waals surface area contributed by atoms with Gasteiger partial charge in [-0.05, 0) is 26.6 Å². The van der Waals surface area contributed by atoms with E-state index in [9.17, 15) is 0 Å². The van der Waals surface area contributed by atoms with Crippen molar-refractivity contribution in [2.45, 2.75) is 26.6 Å². The second-order valence-corrected chi connectivity index (χ2v) is 8.04. The highest BCUT2D eigenvalue weighted by Gasteiger charge is 2.19. The third-order valence-electron chi connectivity index (χ3n) is 1.11. The monoisotopic (exact) mass is 156 g/mol. The van der Waals surface area contributed by atoms with Crippen LogP contribution in [-0.4, -0.2) is 28.1 Å². The summed E-state index contributed by atoms with van der Waals surface area (Å²) in [6.45, 7) is 8.38. The SMILES string of the molecule is Cc1nnn([Si](C)(C)C)n1. The fraction of sp³-hybridized carbons (Fsp3) is 0.800. The maximum absolute atomic E-state index is 4.14. The third kappa shape index (κ3) is 1.41. The zero-order valence-electron chi connectivity index (χ0n) is 6.79. The van der Waals surface area contributed by atoms with E-state index in [-0.39, 0.29) is 0 Å². The van der Waals surface area contributed by atoms with Gasteiger partial charge in [-0.2, -0.15) is 0 Å². The Kier molecular flexibility index (Phi) is 1.59. The highest BCUT2D eigenvalue weighted by Crippen LogP contribution is 2.00. The van der Waals surface area contributed by atoms with Crippen LogP contribution in [0.4, 0.5) is 0 Å². The molecule has 0 atom stereocenters. The molecule has 10 heavy (non-hydrogen) atoms. The van der Waals surface area contributed by atoms with E-state index in [4.69, 9.17) is 0 Å². The van der Waals surface area contributed by atoms with Crippen molar-refractivity contribution in [3.05, 3.63) is 5.82 Å². The van der Waals surface area contributed by atoms with Crippen molar-refractivity contribution in [3.63, 3.8) is 0 Å². The normalized spacial score (nSPS) is 12.0. The van der Waals surface area contributed by atoms with Crippen molar-refractivity contribution in [2.75, 3.05) is 0 Å². The van der Waals surface area contributed by atoms with E-state index in [1.165, 1.54) is 0 Å². The lowest BCUT2D eigenvalue weighted by Gasteiger charge is -2.11. The third-order valence-corrected chi connectivity index (χ3v) is 2.50. The molecule has 5 heteroatoms. The van der Waals surface area contributed by atoms with Crippen LogP contribution in [0.1, 0.15) is 5.82 Å². The Bertz CT molecular complexity index is 224. The van der Waals surface area contributed by atoms with Gasteiger partial charge >= 0.3 is 0 Å². The zero-order chi connectivity index (χ0) is 7.78. The lowest BCUT2D eigenvalue weighted by molar-refractivity contribution is 0.762. The van der Waals surface area contributed by atoms with E-state index < -0.39 is 8.24 Å². The van der Waals surface area contributed by atoms with Gasteiger partial charge < -0.3 is 0 Å². The zero-order valence-corrected chi connectivity index (χ0v) is 7.79. The van der Waals surface area contributed by atoms with Crippen molar-refractivity contribution < 1.29 is 0 Å². The Balaban J connectivity index is 2.96. The summed E-state index contributed by atoms with van der Waals surface area (Å²) < 4.78 is 1.75. The molecule has 0 aliphatic rings. The predicted molar refractivity (Wildman–Crippen MR) is 41.3 cm³/mol. The van der Waals surface area contributed by atoms with Crippen molar-refractivity contribution in [1.29, 1.82) is 0 Å². The first-order chi connectivity index (χ1) is 4.50. The summed E-state index contributed by atoms with van der Waals surface area (Å²) in [5, 5.41) is 11.9. The second-order valence-electron chi connectivity index (χ2n) is 3.30. The van der Waals surface area contributed by atoms with Gasteiger partial charge in [0.2, 0.25) is 8.24 Å². The molecule has 4 nitrogen and oxygen atoms in total. The van der Waals surface area contributed by atoms with Crippen LogP contribution in [0.5, 0.6) is 0 Å².